The van der Waals surface area contributed by atoms with Gasteiger partial charge in [-0.15, -0.1) is 0 Å². The van der Waals surface area contributed by atoms with E-state index in [9.17, 15) is 9.59 Å². The van der Waals surface area contributed by atoms with Crippen LogP contribution in [0.3, 0.4) is 0 Å². The largest absolute Gasteiger partial charge is 0.489 e. The van der Waals surface area contributed by atoms with Crippen molar-refractivity contribution in [3.63, 3.8) is 0 Å². The number of benzene rings is 1. The van der Waals surface area contributed by atoms with E-state index in [-0.39, 0.29) is 24.0 Å². The van der Waals surface area contributed by atoms with Crippen LogP contribution >= 0.6 is 0 Å². The van der Waals surface area contributed by atoms with Crippen molar-refractivity contribution >= 4 is 28.8 Å². The van der Waals surface area contributed by atoms with Gasteiger partial charge in [0.15, 0.2) is 0 Å². The number of carbonyl (C=O) groups excluding carboxylic acids is 2. The molecule has 4 rings (SSSR count). The van der Waals surface area contributed by atoms with E-state index >= 15 is 0 Å². The standard InChI is InChI=1S/C27H35N7O3/c1-19(2)37-23-11-7-10-22-25(23)34(27(30-22)31-26(36)20-13-14-28-29-17-20)21-9-5-6-16-33(18-21)24(35)12-8-15-32(3)4/h7-8,10-14,17,19,21H,5-6,9,15-16,18H2,1-4H3,(H,30,31,36)/t21-/m1/s1. The molecule has 0 saturated carbocycles. The van der Waals surface area contributed by atoms with Gasteiger partial charge in [0.2, 0.25) is 11.9 Å². The number of ether oxygens (including phenoxy) is 1. The van der Waals surface area contributed by atoms with Gasteiger partial charge in [-0.25, -0.2) is 4.98 Å². The first kappa shape index (κ1) is 26.3. The third-order valence-corrected chi connectivity index (χ3v) is 6.16. The van der Waals surface area contributed by atoms with Gasteiger partial charge in [-0.3, -0.25) is 14.9 Å². The number of likely N-dealkylation sites (tertiary alicyclic amines) is 1. The van der Waals surface area contributed by atoms with Crippen molar-refractivity contribution in [3.8, 4) is 5.75 Å². The number of fused-ring (bicyclic) bond motifs is 1. The Morgan fingerprint density at radius 1 is 1.22 bits per heavy atom. The number of nitrogens with one attached hydrogen (secondary N) is 1. The molecule has 3 aromatic rings. The van der Waals surface area contributed by atoms with Crippen molar-refractivity contribution in [1.82, 2.24) is 29.5 Å². The predicted molar refractivity (Wildman–Crippen MR) is 143 cm³/mol. The smallest absolute Gasteiger partial charge is 0.259 e. The number of likely N-dealkylation sites (N-methyl/N-ethyl adjacent to an activating group) is 1. The Morgan fingerprint density at radius 2 is 2.05 bits per heavy atom. The molecule has 1 aromatic carbocycles. The molecule has 0 spiro atoms. The zero-order chi connectivity index (χ0) is 26.4. The van der Waals surface area contributed by atoms with E-state index < -0.39 is 0 Å². The SMILES string of the molecule is CC(C)Oc1cccc2nc(NC(=O)c3ccnnc3)n([C@@H]3CCCCN(C(=O)C=CCN(C)C)C3)c12. The van der Waals surface area contributed by atoms with Crippen LogP contribution in [0.4, 0.5) is 5.95 Å². The summed E-state index contributed by atoms with van der Waals surface area (Å²) in [6, 6.07) is 7.24. The topological polar surface area (TPSA) is 105 Å². The van der Waals surface area contributed by atoms with Crippen LogP contribution in [0, 0.1) is 0 Å². The van der Waals surface area contributed by atoms with Crippen molar-refractivity contribution in [2.45, 2.75) is 45.3 Å². The summed E-state index contributed by atoms with van der Waals surface area (Å²) < 4.78 is 8.19. The molecule has 1 atom stereocenters. The maximum Gasteiger partial charge on any atom is 0.259 e. The van der Waals surface area contributed by atoms with Gasteiger partial charge in [0, 0.05) is 25.7 Å². The number of rotatable bonds is 8. The van der Waals surface area contributed by atoms with E-state index in [1.807, 2.05) is 66.6 Å². The summed E-state index contributed by atoms with van der Waals surface area (Å²) >= 11 is 0. The minimum Gasteiger partial charge on any atom is -0.489 e. The van der Waals surface area contributed by atoms with E-state index in [1.165, 1.54) is 12.4 Å². The second-order valence-corrected chi connectivity index (χ2v) is 9.78. The number of amides is 2. The summed E-state index contributed by atoms with van der Waals surface area (Å²) in [5, 5.41) is 10.5. The number of anilines is 1. The molecule has 1 aliphatic rings. The van der Waals surface area contributed by atoms with Gasteiger partial charge in [-0.05, 0) is 65.4 Å². The normalized spacial score (nSPS) is 16.5. The lowest BCUT2D eigenvalue weighted by atomic mass is 10.1. The molecular weight excluding hydrogens is 470 g/mol. The molecule has 3 heterocycles. The molecule has 0 bridgehead atoms. The number of aromatic nitrogens is 4. The third-order valence-electron chi connectivity index (χ3n) is 6.16. The number of para-hydroxylation sites is 1. The molecule has 1 N–H and O–H groups in total. The van der Waals surface area contributed by atoms with Crippen molar-refractivity contribution in [2.75, 3.05) is 39.0 Å². The van der Waals surface area contributed by atoms with Crippen LogP contribution in [0.1, 0.15) is 49.5 Å². The fourth-order valence-corrected chi connectivity index (χ4v) is 4.51. The fourth-order valence-electron chi connectivity index (χ4n) is 4.51. The molecule has 2 amide bonds. The Bertz CT molecular complexity index is 1250. The highest BCUT2D eigenvalue weighted by Gasteiger charge is 2.28. The van der Waals surface area contributed by atoms with E-state index in [4.69, 9.17) is 9.72 Å². The molecule has 37 heavy (non-hydrogen) atoms. The van der Waals surface area contributed by atoms with Crippen LogP contribution in [0.5, 0.6) is 5.75 Å². The molecule has 1 saturated heterocycles. The zero-order valence-electron chi connectivity index (χ0n) is 21.9. The molecule has 0 unspecified atom stereocenters. The van der Waals surface area contributed by atoms with Crippen molar-refractivity contribution in [2.24, 2.45) is 0 Å². The van der Waals surface area contributed by atoms with Crippen molar-refractivity contribution < 1.29 is 14.3 Å². The van der Waals surface area contributed by atoms with E-state index in [1.54, 1.807) is 12.1 Å². The molecular formula is C27H35N7O3. The van der Waals surface area contributed by atoms with Crippen LogP contribution in [-0.4, -0.2) is 81.2 Å². The van der Waals surface area contributed by atoms with Gasteiger partial charge in [0.25, 0.3) is 5.91 Å². The Kier molecular flexibility index (Phi) is 8.50. The molecule has 1 aliphatic heterocycles. The second kappa shape index (κ2) is 12.0. The van der Waals surface area contributed by atoms with Crippen LogP contribution in [0.15, 0.2) is 48.8 Å². The first-order chi connectivity index (χ1) is 17.8. The van der Waals surface area contributed by atoms with Gasteiger partial charge in [0.05, 0.1) is 35.6 Å². The maximum atomic E-state index is 13.1. The monoisotopic (exact) mass is 505 g/mol. The number of imidazole rings is 1. The van der Waals surface area contributed by atoms with Gasteiger partial charge in [0.1, 0.15) is 11.3 Å². The van der Waals surface area contributed by atoms with E-state index in [0.29, 0.717) is 42.4 Å². The summed E-state index contributed by atoms with van der Waals surface area (Å²) in [5.74, 6) is 0.773. The Morgan fingerprint density at radius 3 is 2.78 bits per heavy atom. The average Bonchev–Trinajstić information content (AvgIpc) is 3.05. The molecule has 0 aliphatic carbocycles. The highest BCUT2D eigenvalue weighted by atomic mass is 16.5. The lowest BCUT2D eigenvalue weighted by Gasteiger charge is -2.26. The molecule has 196 valence electrons. The van der Waals surface area contributed by atoms with Gasteiger partial charge < -0.3 is 19.1 Å². The number of nitrogens with zero attached hydrogens (tertiary/aromatic N) is 6. The molecule has 10 nitrogen and oxygen atoms in total. The van der Waals surface area contributed by atoms with Gasteiger partial charge >= 0.3 is 0 Å². The molecule has 1 fully saturated rings. The maximum absolute atomic E-state index is 13.1. The van der Waals surface area contributed by atoms with E-state index in [2.05, 4.69) is 15.5 Å². The Labute approximate surface area is 217 Å². The van der Waals surface area contributed by atoms with Crippen LogP contribution in [0.25, 0.3) is 11.0 Å². The highest BCUT2D eigenvalue weighted by Crippen LogP contribution is 2.35. The molecule has 10 heteroatoms. The summed E-state index contributed by atoms with van der Waals surface area (Å²) in [4.78, 5) is 34.8. The number of hydrogen-bond donors (Lipinski definition) is 1. The lowest BCUT2D eigenvalue weighted by Crippen LogP contribution is -2.35. The Hall–Kier alpha value is -3.79. The first-order valence-corrected chi connectivity index (χ1v) is 12.7. The number of carbonyl (C=O) groups is 2. The summed E-state index contributed by atoms with van der Waals surface area (Å²) in [5.41, 5.74) is 1.91. The molecule has 0 radical (unpaired) electrons. The fraction of sp³-hybridized carbons (Fsp3) is 0.444. The summed E-state index contributed by atoms with van der Waals surface area (Å²) in [6.07, 6.45) is 9.10. The lowest BCUT2D eigenvalue weighted by molar-refractivity contribution is -0.126. The highest BCUT2D eigenvalue weighted by molar-refractivity contribution is 6.04. The summed E-state index contributed by atoms with van der Waals surface area (Å²) in [7, 11) is 3.94. The average molecular weight is 506 g/mol. The first-order valence-electron chi connectivity index (χ1n) is 12.7. The minimum atomic E-state index is -0.328. The third kappa shape index (κ3) is 6.51. The van der Waals surface area contributed by atoms with Crippen LogP contribution in [-0.2, 0) is 4.79 Å². The van der Waals surface area contributed by atoms with E-state index in [0.717, 1.165) is 24.8 Å². The summed E-state index contributed by atoms with van der Waals surface area (Å²) in [6.45, 7) is 5.85. The minimum absolute atomic E-state index is 0.00901. The van der Waals surface area contributed by atoms with Crippen LogP contribution < -0.4 is 10.1 Å². The zero-order valence-corrected chi connectivity index (χ0v) is 21.9. The van der Waals surface area contributed by atoms with Gasteiger partial charge in [-0.2, -0.15) is 10.2 Å². The van der Waals surface area contributed by atoms with Gasteiger partial charge in [-0.1, -0.05) is 12.1 Å². The number of hydrogen-bond acceptors (Lipinski definition) is 7. The van der Waals surface area contributed by atoms with Crippen molar-refractivity contribution in [3.05, 3.63) is 54.4 Å². The second-order valence-electron chi connectivity index (χ2n) is 9.78. The van der Waals surface area contributed by atoms with Crippen molar-refractivity contribution in [1.29, 1.82) is 0 Å². The predicted octanol–water partition coefficient (Wildman–Crippen LogP) is 3.54. The Balaban J connectivity index is 1.73. The van der Waals surface area contributed by atoms with Crippen LogP contribution in [0.2, 0.25) is 0 Å². The quantitative estimate of drug-likeness (QED) is 0.467. The molecule has 2 aromatic heterocycles.